The summed E-state index contributed by atoms with van der Waals surface area (Å²) in [5, 5.41) is 3.73. The zero-order valence-electron chi connectivity index (χ0n) is 21.1. The Hall–Kier alpha value is -2.78. The maximum Gasteiger partial charge on any atom is 0.264 e. The van der Waals surface area contributed by atoms with Gasteiger partial charge >= 0.3 is 0 Å². The van der Waals surface area contributed by atoms with E-state index in [4.69, 9.17) is 34.8 Å². The van der Waals surface area contributed by atoms with Crippen LogP contribution < -0.4 is 9.62 Å². The van der Waals surface area contributed by atoms with Gasteiger partial charge in [-0.3, -0.25) is 13.9 Å². The first-order valence-electron chi connectivity index (χ1n) is 11.8. The van der Waals surface area contributed by atoms with Crippen LogP contribution in [0.3, 0.4) is 0 Å². The molecule has 0 aliphatic rings. The van der Waals surface area contributed by atoms with Gasteiger partial charge in [0.1, 0.15) is 12.6 Å². The maximum atomic E-state index is 13.9. The molecule has 3 aromatic rings. The van der Waals surface area contributed by atoms with E-state index in [1.54, 1.807) is 50.2 Å². The third-order valence-corrected chi connectivity index (χ3v) is 8.63. The van der Waals surface area contributed by atoms with E-state index in [0.717, 1.165) is 9.87 Å². The highest BCUT2D eigenvalue weighted by atomic mass is 35.5. The minimum absolute atomic E-state index is 0.0336. The van der Waals surface area contributed by atoms with Crippen LogP contribution in [-0.4, -0.2) is 44.3 Å². The van der Waals surface area contributed by atoms with Crippen LogP contribution in [0.1, 0.15) is 25.0 Å². The second kappa shape index (κ2) is 12.8. The summed E-state index contributed by atoms with van der Waals surface area (Å²) in [6, 6.07) is 16.5. The van der Waals surface area contributed by atoms with Crippen molar-refractivity contribution in [2.24, 2.45) is 0 Å². The van der Waals surface area contributed by atoms with E-state index in [1.165, 1.54) is 29.2 Å². The van der Waals surface area contributed by atoms with Crippen LogP contribution in [0.25, 0.3) is 0 Å². The number of aryl methyl sites for hydroxylation is 1. The Morgan fingerprint density at radius 2 is 1.55 bits per heavy atom. The van der Waals surface area contributed by atoms with E-state index < -0.39 is 34.4 Å². The molecule has 0 unspecified atom stereocenters. The van der Waals surface area contributed by atoms with Gasteiger partial charge in [0.05, 0.1) is 10.6 Å². The predicted octanol–water partition coefficient (Wildman–Crippen LogP) is 5.70. The molecule has 38 heavy (non-hydrogen) atoms. The Kier molecular flexibility index (Phi) is 10.1. The van der Waals surface area contributed by atoms with Gasteiger partial charge < -0.3 is 10.2 Å². The highest BCUT2D eigenvalue weighted by molar-refractivity contribution is 7.92. The highest BCUT2D eigenvalue weighted by Crippen LogP contribution is 2.29. The fourth-order valence-electron chi connectivity index (χ4n) is 3.80. The molecule has 0 aliphatic carbocycles. The Morgan fingerprint density at radius 3 is 2.13 bits per heavy atom. The van der Waals surface area contributed by atoms with Gasteiger partial charge in [0.15, 0.2) is 0 Å². The molecule has 0 spiro atoms. The number of likely N-dealkylation sites (N-methyl/N-ethyl adjacent to an activating group) is 1. The number of nitrogens with zero attached hydrogens (tertiary/aromatic N) is 2. The summed E-state index contributed by atoms with van der Waals surface area (Å²) in [6.07, 6.45) is 0. The van der Waals surface area contributed by atoms with Gasteiger partial charge in [-0.05, 0) is 74.9 Å². The molecule has 11 heteroatoms. The molecule has 0 aliphatic heterocycles. The first kappa shape index (κ1) is 29.8. The van der Waals surface area contributed by atoms with Crippen molar-refractivity contribution in [2.75, 3.05) is 17.4 Å². The van der Waals surface area contributed by atoms with Gasteiger partial charge in [-0.25, -0.2) is 8.42 Å². The van der Waals surface area contributed by atoms with E-state index in [1.807, 2.05) is 13.0 Å². The van der Waals surface area contributed by atoms with E-state index in [2.05, 4.69) is 5.32 Å². The maximum absolute atomic E-state index is 13.9. The molecule has 202 valence electrons. The molecule has 0 fully saturated rings. The third-order valence-electron chi connectivity index (χ3n) is 5.88. The topological polar surface area (TPSA) is 86.8 Å². The van der Waals surface area contributed by atoms with Crippen LogP contribution in [-0.2, 0) is 26.2 Å². The third kappa shape index (κ3) is 6.99. The van der Waals surface area contributed by atoms with Gasteiger partial charge in [-0.15, -0.1) is 0 Å². The summed E-state index contributed by atoms with van der Waals surface area (Å²) in [7, 11) is -4.19. The lowest BCUT2D eigenvalue weighted by Gasteiger charge is -2.32. The van der Waals surface area contributed by atoms with Crippen molar-refractivity contribution in [1.82, 2.24) is 10.2 Å². The van der Waals surface area contributed by atoms with Crippen LogP contribution in [0.15, 0.2) is 71.6 Å². The van der Waals surface area contributed by atoms with Crippen molar-refractivity contribution in [1.29, 1.82) is 0 Å². The lowest BCUT2D eigenvalue weighted by molar-refractivity contribution is -0.139. The minimum Gasteiger partial charge on any atom is -0.355 e. The number of rotatable bonds is 10. The fraction of sp³-hybridized carbons (Fsp3) is 0.259. The molecular formula is C27H28Cl3N3O4S. The van der Waals surface area contributed by atoms with Crippen molar-refractivity contribution in [3.63, 3.8) is 0 Å². The number of benzene rings is 3. The number of hydrogen-bond donors (Lipinski definition) is 1. The van der Waals surface area contributed by atoms with Crippen molar-refractivity contribution in [3.05, 3.63) is 92.9 Å². The number of sulfonamides is 1. The molecule has 2 amide bonds. The van der Waals surface area contributed by atoms with E-state index in [9.17, 15) is 18.0 Å². The molecule has 7 nitrogen and oxygen atoms in total. The number of nitrogens with one attached hydrogen (secondary N) is 1. The molecule has 0 saturated carbocycles. The Labute approximate surface area is 238 Å². The van der Waals surface area contributed by atoms with Crippen LogP contribution in [0.2, 0.25) is 15.1 Å². The predicted molar refractivity (Wildman–Crippen MR) is 152 cm³/mol. The molecule has 3 rings (SSSR count). The second-order valence-electron chi connectivity index (χ2n) is 8.60. The molecular weight excluding hydrogens is 569 g/mol. The zero-order chi connectivity index (χ0) is 28.0. The quantitative estimate of drug-likeness (QED) is 0.325. The van der Waals surface area contributed by atoms with Gasteiger partial charge in [0, 0.05) is 33.7 Å². The number of hydrogen-bond acceptors (Lipinski definition) is 4. The van der Waals surface area contributed by atoms with Crippen molar-refractivity contribution in [3.8, 4) is 0 Å². The van der Waals surface area contributed by atoms with Gasteiger partial charge in [0.2, 0.25) is 11.8 Å². The number of carbonyl (C=O) groups excluding carboxylic acids is 2. The molecule has 0 radical (unpaired) electrons. The normalized spacial score (nSPS) is 12.1. The monoisotopic (exact) mass is 595 g/mol. The van der Waals surface area contributed by atoms with E-state index >= 15 is 0 Å². The van der Waals surface area contributed by atoms with Crippen LogP contribution in [0.4, 0.5) is 5.69 Å². The molecule has 0 bridgehead atoms. The van der Waals surface area contributed by atoms with Crippen molar-refractivity contribution in [2.45, 2.75) is 38.3 Å². The van der Waals surface area contributed by atoms with E-state index in [-0.39, 0.29) is 11.4 Å². The first-order valence-corrected chi connectivity index (χ1v) is 14.4. The average molecular weight is 597 g/mol. The zero-order valence-corrected chi connectivity index (χ0v) is 24.2. The van der Waals surface area contributed by atoms with Crippen molar-refractivity contribution < 1.29 is 18.0 Å². The summed E-state index contributed by atoms with van der Waals surface area (Å²) >= 11 is 18.7. The van der Waals surface area contributed by atoms with Gasteiger partial charge in [-0.2, -0.15) is 0 Å². The molecule has 0 saturated heterocycles. The summed E-state index contributed by atoms with van der Waals surface area (Å²) < 4.78 is 28.6. The highest BCUT2D eigenvalue weighted by Gasteiger charge is 2.33. The number of halogens is 3. The Balaban J connectivity index is 2.07. The number of anilines is 1. The molecule has 1 N–H and O–H groups in total. The first-order chi connectivity index (χ1) is 17.9. The molecule has 3 aromatic carbocycles. The lowest BCUT2D eigenvalue weighted by Crippen LogP contribution is -2.51. The summed E-state index contributed by atoms with van der Waals surface area (Å²) in [4.78, 5) is 27.9. The summed E-state index contributed by atoms with van der Waals surface area (Å²) in [5.41, 5.74) is 1.55. The Morgan fingerprint density at radius 1 is 0.947 bits per heavy atom. The largest absolute Gasteiger partial charge is 0.355 e. The smallest absolute Gasteiger partial charge is 0.264 e. The van der Waals surface area contributed by atoms with E-state index in [0.29, 0.717) is 32.9 Å². The summed E-state index contributed by atoms with van der Waals surface area (Å²) in [6.45, 7) is 4.84. The number of carbonyl (C=O) groups is 2. The Bertz CT molecular complexity index is 1400. The second-order valence-corrected chi connectivity index (χ2v) is 11.7. The molecule has 1 atom stereocenters. The van der Waals surface area contributed by atoms with Gasteiger partial charge in [-0.1, -0.05) is 53.0 Å². The average Bonchev–Trinajstić information content (AvgIpc) is 2.87. The van der Waals surface area contributed by atoms with Gasteiger partial charge in [0.25, 0.3) is 10.0 Å². The van der Waals surface area contributed by atoms with Crippen LogP contribution in [0, 0.1) is 6.92 Å². The van der Waals surface area contributed by atoms with Crippen LogP contribution in [0.5, 0.6) is 0 Å². The van der Waals surface area contributed by atoms with Crippen molar-refractivity contribution >= 4 is 62.3 Å². The minimum atomic E-state index is -4.19. The fourth-order valence-corrected chi connectivity index (χ4v) is 5.85. The summed E-state index contributed by atoms with van der Waals surface area (Å²) in [5.74, 6) is -1.01. The standard InChI is InChI=1S/C27H28Cl3N3O4S/c1-4-31-27(35)19(3)32(16-23-24(29)9-6-10-25(23)30)26(34)17-33(21-8-5-7-18(2)15-21)38(36,37)22-13-11-20(28)12-14-22/h5-15,19H,4,16-17H2,1-3H3,(H,31,35)/t19-/m1/s1. The van der Waals surface area contributed by atoms with Crippen LogP contribution >= 0.6 is 34.8 Å². The SMILES string of the molecule is CCNC(=O)[C@@H](C)N(Cc1c(Cl)cccc1Cl)C(=O)CN(c1cccc(C)c1)S(=O)(=O)c1ccc(Cl)cc1. The molecule has 0 heterocycles. The number of amides is 2. The molecule has 0 aromatic heterocycles. The lowest BCUT2D eigenvalue weighted by atomic mass is 10.1.